The smallest absolute Gasteiger partial charge is 0.427 e. The Bertz CT molecular complexity index is 1040. The lowest BCUT2D eigenvalue weighted by molar-refractivity contribution is -0.417. The number of alkyl halides is 3. The van der Waals surface area contributed by atoms with E-state index in [2.05, 4.69) is 9.71 Å². The van der Waals surface area contributed by atoms with E-state index in [0.29, 0.717) is 12.3 Å². The fourth-order valence-electron chi connectivity index (χ4n) is 4.33. The fraction of sp³-hybridized carbons (Fsp3) is 0.125. The van der Waals surface area contributed by atoms with Gasteiger partial charge < -0.3 is 9.71 Å². The lowest BCUT2D eigenvalue weighted by atomic mass is 9.35. The van der Waals surface area contributed by atoms with E-state index in [1.54, 1.807) is 6.92 Å². The van der Waals surface area contributed by atoms with Crippen molar-refractivity contribution in [3.8, 4) is 0 Å². The molecule has 30 heavy (non-hydrogen) atoms. The highest BCUT2D eigenvalue weighted by Gasteiger charge is 2.50. The minimum absolute atomic E-state index is 0.477. The van der Waals surface area contributed by atoms with E-state index in [4.69, 9.17) is 0 Å². The summed E-state index contributed by atoms with van der Waals surface area (Å²) in [4.78, 5) is 0. The molecule has 6 heteroatoms. The number of nitrogens with one attached hydrogen (secondary N) is 1. The quantitative estimate of drug-likeness (QED) is 0.649. The van der Waals surface area contributed by atoms with Gasteiger partial charge in [0, 0.05) is 18.6 Å². The maximum atomic E-state index is 13.9. The average molecular weight is 406 g/mol. The molecule has 0 aliphatic carbocycles. The number of benzene rings is 3. The minimum atomic E-state index is -4.48. The third-order valence-electron chi connectivity index (χ3n) is 5.70. The molecule has 0 bridgehead atoms. The fourth-order valence-corrected chi connectivity index (χ4v) is 4.33. The summed E-state index contributed by atoms with van der Waals surface area (Å²) < 4.78 is 43.7. The summed E-state index contributed by atoms with van der Waals surface area (Å²) in [7, 11) is 0. The largest absolute Gasteiger partial charge is 0.486 e. The Hall–Kier alpha value is -3.28. The first-order valence-corrected chi connectivity index (χ1v) is 9.89. The van der Waals surface area contributed by atoms with Crippen LogP contribution in [0.2, 0.25) is 0 Å². The van der Waals surface area contributed by atoms with Crippen LogP contribution in [-0.2, 0) is 6.54 Å². The Morgan fingerprint density at radius 1 is 0.767 bits per heavy atom. The van der Waals surface area contributed by atoms with Crippen molar-refractivity contribution in [2.75, 3.05) is 0 Å². The molecule has 0 saturated carbocycles. The minimum Gasteiger partial charge on any atom is -0.486 e. The molecular weight excluding hydrogens is 384 g/mol. The molecule has 0 radical (unpaired) electrons. The van der Waals surface area contributed by atoms with Gasteiger partial charge in [0.15, 0.2) is 0 Å². The molecule has 1 heterocycles. The molecule has 4 rings (SSSR count). The standard InChI is InChI=1S/C24H22BF3N2/c1-19-17-23(24(26,27)28)29-25(21-13-7-3-8-14-21,22-15-9-4-10-16-22)30(19)18-20-11-5-2-6-12-20/h2-17,29H,18H2,1H3. The number of nitrogens with zero attached hydrogens (tertiary/aromatic N) is 1. The van der Waals surface area contributed by atoms with Gasteiger partial charge in [0.25, 0.3) is 0 Å². The number of halogens is 3. The predicted molar refractivity (Wildman–Crippen MR) is 116 cm³/mol. The van der Waals surface area contributed by atoms with Gasteiger partial charge in [0.05, 0.1) is 5.70 Å². The highest BCUT2D eigenvalue weighted by atomic mass is 19.4. The highest BCUT2D eigenvalue weighted by molar-refractivity contribution is 6.95. The van der Waals surface area contributed by atoms with Crippen molar-refractivity contribution >= 4 is 23.1 Å². The number of rotatable bonds is 4. The van der Waals surface area contributed by atoms with Gasteiger partial charge in [-0.1, -0.05) is 91.0 Å². The third-order valence-corrected chi connectivity index (χ3v) is 5.70. The molecule has 1 N–H and O–H groups in total. The number of hydrogen-bond acceptors (Lipinski definition) is 1. The SMILES string of the molecule is CC1=[N+](Cc2ccccc2)[B-](c2ccccc2)(c2ccccc2)NC(C(F)(F)F)=C1. The van der Waals surface area contributed by atoms with Crippen LogP contribution in [0.1, 0.15) is 12.5 Å². The molecule has 0 saturated heterocycles. The summed E-state index contributed by atoms with van der Waals surface area (Å²) in [6, 6.07) is 28.6. The zero-order valence-electron chi connectivity index (χ0n) is 16.6. The monoisotopic (exact) mass is 406 g/mol. The predicted octanol–water partition coefficient (Wildman–Crippen LogP) is 3.97. The Balaban J connectivity index is 2.01. The molecule has 152 valence electrons. The third kappa shape index (κ3) is 3.65. The van der Waals surface area contributed by atoms with Crippen LogP contribution >= 0.6 is 0 Å². The summed E-state index contributed by atoms with van der Waals surface area (Å²) in [5, 5.41) is 2.94. The number of allylic oxidation sites excluding steroid dienone is 2. The van der Waals surface area contributed by atoms with E-state index in [-0.39, 0.29) is 0 Å². The van der Waals surface area contributed by atoms with Crippen LogP contribution in [0.5, 0.6) is 0 Å². The molecule has 0 spiro atoms. The Morgan fingerprint density at radius 3 is 1.70 bits per heavy atom. The zero-order chi connectivity index (χ0) is 21.2. The van der Waals surface area contributed by atoms with Crippen molar-refractivity contribution < 1.29 is 17.7 Å². The van der Waals surface area contributed by atoms with Crippen LogP contribution in [-0.4, -0.2) is 22.8 Å². The topological polar surface area (TPSA) is 15.0 Å². The van der Waals surface area contributed by atoms with E-state index in [0.717, 1.165) is 16.5 Å². The second kappa shape index (κ2) is 7.86. The van der Waals surface area contributed by atoms with Crippen molar-refractivity contribution in [3.05, 3.63) is 108 Å². The molecule has 1 aliphatic rings. The van der Waals surface area contributed by atoms with Crippen molar-refractivity contribution in [2.24, 2.45) is 0 Å². The first-order chi connectivity index (χ1) is 14.4. The molecule has 2 nitrogen and oxygen atoms in total. The average Bonchev–Trinajstić information content (AvgIpc) is 2.76. The second-order valence-corrected chi connectivity index (χ2v) is 7.60. The van der Waals surface area contributed by atoms with Crippen LogP contribution in [0, 0.1) is 0 Å². The van der Waals surface area contributed by atoms with Gasteiger partial charge in [0.1, 0.15) is 12.3 Å². The normalized spacial score (nSPS) is 16.1. The van der Waals surface area contributed by atoms with Crippen molar-refractivity contribution in [1.29, 1.82) is 0 Å². The Morgan fingerprint density at radius 2 is 1.23 bits per heavy atom. The summed E-state index contributed by atoms with van der Waals surface area (Å²) >= 11 is 0. The van der Waals surface area contributed by atoms with E-state index < -0.39 is 18.3 Å². The maximum Gasteiger partial charge on any atom is 0.427 e. The lowest BCUT2D eigenvalue weighted by Gasteiger charge is -2.44. The van der Waals surface area contributed by atoms with Crippen LogP contribution in [0.4, 0.5) is 13.2 Å². The Labute approximate surface area is 174 Å². The van der Waals surface area contributed by atoms with Crippen LogP contribution in [0.25, 0.3) is 0 Å². The molecule has 0 fully saturated rings. The van der Waals surface area contributed by atoms with Gasteiger partial charge >= 0.3 is 12.6 Å². The van der Waals surface area contributed by atoms with Crippen molar-refractivity contribution in [2.45, 2.75) is 19.6 Å². The summed E-state index contributed by atoms with van der Waals surface area (Å²) in [6.45, 7) is 2.23. The van der Waals surface area contributed by atoms with E-state index in [1.165, 1.54) is 6.08 Å². The molecule has 3 aromatic rings. The molecule has 1 aliphatic heterocycles. The van der Waals surface area contributed by atoms with Gasteiger partial charge in [-0.05, 0) is 0 Å². The molecule has 0 atom stereocenters. The zero-order valence-corrected chi connectivity index (χ0v) is 16.6. The summed E-state index contributed by atoms with van der Waals surface area (Å²) in [5.41, 5.74) is 2.47. The first kappa shape index (κ1) is 20.0. The van der Waals surface area contributed by atoms with Crippen LogP contribution in [0.15, 0.2) is 103 Å². The molecule has 0 aromatic heterocycles. The highest BCUT2D eigenvalue weighted by Crippen LogP contribution is 2.28. The van der Waals surface area contributed by atoms with Gasteiger partial charge in [-0.2, -0.15) is 13.2 Å². The first-order valence-electron chi connectivity index (χ1n) is 9.89. The van der Waals surface area contributed by atoms with Gasteiger partial charge in [0.2, 0.25) is 0 Å². The van der Waals surface area contributed by atoms with Gasteiger partial charge in [-0.25, -0.2) is 0 Å². The molecule has 0 unspecified atom stereocenters. The van der Waals surface area contributed by atoms with E-state index in [9.17, 15) is 13.2 Å². The second-order valence-electron chi connectivity index (χ2n) is 7.60. The van der Waals surface area contributed by atoms with Gasteiger partial charge in [-0.15, -0.1) is 10.9 Å². The van der Waals surface area contributed by atoms with Crippen LogP contribution < -0.4 is 16.2 Å². The molecule has 0 amide bonds. The maximum absolute atomic E-state index is 13.9. The van der Waals surface area contributed by atoms with E-state index >= 15 is 0 Å². The molecule has 3 aromatic carbocycles. The lowest BCUT2D eigenvalue weighted by Crippen LogP contribution is -2.77. The van der Waals surface area contributed by atoms with Crippen molar-refractivity contribution in [1.82, 2.24) is 5.23 Å². The van der Waals surface area contributed by atoms with Crippen molar-refractivity contribution in [3.63, 3.8) is 0 Å². The Kier molecular flexibility index (Phi) is 5.25. The summed E-state index contributed by atoms with van der Waals surface area (Å²) in [6.07, 6.45) is -5.39. The molecular formula is C24H22BF3N2. The van der Waals surface area contributed by atoms with Gasteiger partial charge in [-0.3, -0.25) is 0 Å². The van der Waals surface area contributed by atoms with Crippen LogP contribution in [0.3, 0.4) is 0 Å². The summed E-state index contributed by atoms with van der Waals surface area (Å²) in [5.74, 6) is 0. The van der Waals surface area contributed by atoms with E-state index in [1.807, 2.05) is 91.0 Å². The number of hydrogen-bond donors (Lipinski definition) is 1.